The van der Waals surface area contributed by atoms with Crippen molar-refractivity contribution in [3.63, 3.8) is 0 Å². The van der Waals surface area contributed by atoms with E-state index >= 15 is 0 Å². The first-order valence-electron chi connectivity index (χ1n) is 5.39. The number of nitrogen functional groups attached to an aromatic ring is 1. The third-order valence-corrected chi connectivity index (χ3v) is 4.10. The molecule has 0 saturated carbocycles. The van der Waals surface area contributed by atoms with Gasteiger partial charge in [-0.3, -0.25) is 4.79 Å². The zero-order valence-electron chi connectivity index (χ0n) is 10.3. The Morgan fingerprint density at radius 3 is 2.56 bits per heavy atom. The Kier molecular flexibility index (Phi) is 4.31. The van der Waals surface area contributed by atoms with Gasteiger partial charge in [-0.05, 0) is 37.6 Å². The summed E-state index contributed by atoms with van der Waals surface area (Å²) in [5, 5.41) is 0. The molecule has 1 aromatic rings. The van der Waals surface area contributed by atoms with Crippen LogP contribution in [0.2, 0.25) is 0 Å². The summed E-state index contributed by atoms with van der Waals surface area (Å²) < 4.78 is 26.5. The molecule has 0 saturated heterocycles. The second-order valence-electron chi connectivity index (χ2n) is 4.22. The smallest absolute Gasteiger partial charge is 0.241 e. The maximum Gasteiger partial charge on any atom is 0.241 e. The summed E-state index contributed by atoms with van der Waals surface area (Å²) in [5.74, 6) is -0.556. The Morgan fingerprint density at radius 1 is 1.44 bits per heavy atom. The van der Waals surface area contributed by atoms with Gasteiger partial charge >= 0.3 is 0 Å². The predicted molar refractivity (Wildman–Crippen MR) is 69.2 cm³/mol. The third kappa shape index (κ3) is 3.71. The second-order valence-corrected chi connectivity index (χ2v) is 5.90. The average Bonchev–Trinajstić information content (AvgIpc) is 2.13. The van der Waals surface area contributed by atoms with Gasteiger partial charge in [0.25, 0.3) is 0 Å². The first kappa shape index (κ1) is 14.5. The van der Waals surface area contributed by atoms with Crippen LogP contribution in [0, 0.1) is 6.92 Å². The molecule has 0 aliphatic heterocycles. The molecule has 0 radical (unpaired) electrons. The van der Waals surface area contributed by atoms with Gasteiger partial charge in [-0.1, -0.05) is 0 Å². The minimum absolute atomic E-state index is 0.0484. The van der Waals surface area contributed by atoms with E-state index in [-0.39, 0.29) is 11.3 Å². The van der Waals surface area contributed by atoms with Crippen LogP contribution in [0.1, 0.15) is 18.9 Å². The molecule has 0 spiro atoms. The van der Waals surface area contributed by atoms with Crippen LogP contribution in [0.15, 0.2) is 23.1 Å². The minimum Gasteiger partial charge on any atom is -0.399 e. The summed E-state index contributed by atoms with van der Waals surface area (Å²) in [7, 11) is -3.67. The highest BCUT2D eigenvalue weighted by Crippen LogP contribution is 2.18. The van der Waals surface area contributed by atoms with Gasteiger partial charge in [0.15, 0.2) is 0 Å². The number of hydrogen-bond donors (Lipinski definition) is 3. The molecule has 0 aromatic heterocycles. The van der Waals surface area contributed by atoms with Crippen LogP contribution in [0.5, 0.6) is 0 Å². The molecule has 6 nitrogen and oxygen atoms in total. The number of nitrogens with two attached hydrogens (primary N) is 2. The normalized spacial score (nSPS) is 13.2. The Morgan fingerprint density at radius 2 is 2.06 bits per heavy atom. The van der Waals surface area contributed by atoms with Crippen LogP contribution in [0.3, 0.4) is 0 Å². The molecule has 1 aromatic carbocycles. The van der Waals surface area contributed by atoms with E-state index in [0.29, 0.717) is 11.3 Å². The fraction of sp³-hybridized carbons (Fsp3) is 0.364. The van der Waals surface area contributed by atoms with E-state index < -0.39 is 22.0 Å². The van der Waals surface area contributed by atoms with E-state index in [4.69, 9.17) is 11.5 Å². The number of aryl methyl sites for hydroxylation is 1. The summed E-state index contributed by atoms with van der Waals surface area (Å²) in [5.41, 5.74) is 11.6. The quantitative estimate of drug-likeness (QED) is 0.659. The number of amides is 1. The summed E-state index contributed by atoms with van der Waals surface area (Å²) >= 11 is 0. The van der Waals surface area contributed by atoms with Gasteiger partial charge in [0.1, 0.15) is 0 Å². The van der Waals surface area contributed by atoms with E-state index in [1.165, 1.54) is 12.1 Å². The van der Waals surface area contributed by atoms with E-state index in [1.807, 2.05) is 0 Å². The minimum atomic E-state index is -3.67. The lowest BCUT2D eigenvalue weighted by molar-refractivity contribution is -0.118. The molecule has 1 amide bonds. The number of benzene rings is 1. The Hall–Kier alpha value is -1.60. The predicted octanol–water partition coefficient (Wildman–Crippen LogP) is 0.119. The Labute approximate surface area is 106 Å². The van der Waals surface area contributed by atoms with E-state index in [0.717, 1.165) is 0 Å². The number of rotatable bonds is 5. The highest BCUT2D eigenvalue weighted by molar-refractivity contribution is 7.89. The zero-order chi connectivity index (χ0) is 13.9. The molecule has 0 aliphatic carbocycles. The monoisotopic (exact) mass is 271 g/mol. The van der Waals surface area contributed by atoms with Gasteiger partial charge in [0, 0.05) is 18.2 Å². The fourth-order valence-electron chi connectivity index (χ4n) is 1.65. The number of carbonyl (C=O) groups is 1. The largest absolute Gasteiger partial charge is 0.399 e. The van der Waals surface area contributed by atoms with Crippen molar-refractivity contribution in [3.8, 4) is 0 Å². The van der Waals surface area contributed by atoms with Crippen LogP contribution in [-0.4, -0.2) is 20.4 Å². The van der Waals surface area contributed by atoms with Gasteiger partial charge in [0.2, 0.25) is 15.9 Å². The van der Waals surface area contributed by atoms with Crippen molar-refractivity contribution >= 4 is 21.6 Å². The van der Waals surface area contributed by atoms with Gasteiger partial charge in [0.05, 0.1) is 4.90 Å². The molecule has 0 aliphatic rings. The number of carbonyl (C=O) groups excluding carboxylic acids is 1. The van der Waals surface area contributed by atoms with Gasteiger partial charge in [-0.2, -0.15) is 0 Å². The van der Waals surface area contributed by atoms with Crippen molar-refractivity contribution in [1.29, 1.82) is 0 Å². The lowest BCUT2D eigenvalue weighted by atomic mass is 10.2. The molecule has 18 heavy (non-hydrogen) atoms. The molecule has 1 unspecified atom stereocenters. The zero-order valence-corrected chi connectivity index (χ0v) is 11.1. The molecule has 5 N–H and O–H groups in total. The first-order valence-corrected chi connectivity index (χ1v) is 6.87. The lowest BCUT2D eigenvalue weighted by Gasteiger charge is -2.14. The van der Waals surface area contributed by atoms with Crippen LogP contribution in [0.4, 0.5) is 5.69 Å². The average molecular weight is 271 g/mol. The number of sulfonamides is 1. The Bertz CT molecular complexity index is 555. The highest BCUT2D eigenvalue weighted by atomic mass is 32.2. The van der Waals surface area contributed by atoms with Crippen molar-refractivity contribution < 1.29 is 13.2 Å². The summed E-state index contributed by atoms with van der Waals surface area (Å²) in [6.07, 6.45) is -0.0484. The number of nitrogens with one attached hydrogen (secondary N) is 1. The van der Waals surface area contributed by atoms with Crippen LogP contribution in [-0.2, 0) is 14.8 Å². The van der Waals surface area contributed by atoms with E-state index in [2.05, 4.69) is 4.72 Å². The van der Waals surface area contributed by atoms with Gasteiger partial charge in [-0.15, -0.1) is 0 Å². The molecule has 0 heterocycles. The maximum atomic E-state index is 12.1. The van der Waals surface area contributed by atoms with Crippen molar-refractivity contribution in [2.75, 3.05) is 5.73 Å². The van der Waals surface area contributed by atoms with Crippen molar-refractivity contribution in [2.45, 2.75) is 31.2 Å². The van der Waals surface area contributed by atoms with E-state index in [9.17, 15) is 13.2 Å². The topological polar surface area (TPSA) is 115 Å². The summed E-state index contributed by atoms with van der Waals surface area (Å²) in [4.78, 5) is 10.9. The standard InChI is InChI=1S/C11H17N3O3S/c1-7-5-9(12)3-4-10(7)18(16,17)14-8(2)6-11(13)15/h3-5,8,14H,6,12H2,1-2H3,(H2,13,15). The van der Waals surface area contributed by atoms with Crippen molar-refractivity contribution in [2.24, 2.45) is 5.73 Å². The number of hydrogen-bond acceptors (Lipinski definition) is 4. The molecular weight excluding hydrogens is 254 g/mol. The number of anilines is 1. The molecule has 1 rings (SSSR count). The first-order chi connectivity index (χ1) is 8.22. The van der Waals surface area contributed by atoms with Crippen LogP contribution >= 0.6 is 0 Å². The van der Waals surface area contributed by atoms with E-state index in [1.54, 1.807) is 19.9 Å². The highest BCUT2D eigenvalue weighted by Gasteiger charge is 2.20. The molecule has 0 fully saturated rings. The Balaban J connectivity index is 2.96. The van der Waals surface area contributed by atoms with Crippen LogP contribution in [0.25, 0.3) is 0 Å². The summed E-state index contributed by atoms with van der Waals surface area (Å²) in [6, 6.07) is 3.97. The molecule has 0 bridgehead atoms. The molecule has 7 heteroatoms. The SMILES string of the molecule is Cc1cc(N)ccc1S(=O)(=O)NC(C)CC(N)=O. The van der Waals surface area contributed by atoms with Crippen LogP contribution < -0.4 is 16.2 Å². The maximum absolute atomic E-state index is 12.1. The number of primary amides is 1. The third-order valence-electron chi connectivity index (χ3n) is 2.35. The molecule has 100 valence electrons. The second kappa shape index (κ2) is 5.36. The van der Waals surface area contributed by atoms with Gasteiger partial charge < -0.3 is 11.5 Å². The molecule has 1 atom stereocenters. The van der Waals surface area contributed by atoms with Crippen molar-refractivity contribution in [1.82, 2.24) is 4.72 Å². The lowest BCUT2D eigenvalue weighted by Crippen LogP contribution is -2.36. The molecular formula is C11H17N3O3S. The fourth-order valence-corrected chi connectivity index (χ4v) is 3.12. The summed E-state index contributed by atoms with van der Waals surface area (Å²) in [6.45, 7) is 3.23. The van der Waals surface area contributed by atoms with Gasteiger partial charge in [-0.25, -0.2) is 13.1 Å². The van der Waals surface area contributed by atoms with Crippen molar-refractivity contribution in [3.05, 3.63) is 23.8 Å².